The van der Waals surface area contributed by atoms with Gasteiger partial charge in [0.1, 0.15) is 13.2 Å². The molecule has 8 heteroatoms. The van der Waals surface area contributed by atoms with Crippen molar-refractivity contribution >= 4 is 32.3 Å². The highest BCUT2D eigenvalue weighted by Crippen LogP contribution is 2.34. The summed E-state index contributed by atoms with van der Waals surface area (Å²) in [4.78, 5) is 4.55. The first kappa shape index (κ1) is 19.2. The normalized spacial score (nSPS) is 14.7. The average molecular weight is 441 g/mol. The minimum Gasteiger partial charge on any atom is -0.486 e. The Hall–Kier alpha value is -2.81. The Kier molecular flexibility index (Phi) is 4.98. The monoisotopic (exact) mass is 440 g/mol. The van der Waals surface area contributed by atoms with E-state index in [1.807, 2.05) is 41.9 Å². The van der Waals surface area contributed by atoms with Gasteiger partial charge in [0.25, 0.3) is 0 Å². The molecule has 4 aromatic rings. The number of aromatic amines is 1. The molecule has 0 saturated carbocycles. The van der Waals surface area contributed by atoms with Crippen molar-refractivity contribution in [3.8, 4) is 11.5 Å². The lowest BCUT2D eigenvalue weighted by molar-refractivity contribution is 0.171. The summed E-state index contributed by atoms with van der Waals surface area (Å²) >= 11 is 1.62. The molecule has 0 radical (unpaired) electrons. The quantitative estimate of drug-likeness (QED) is 0.473. The van der Waals surface area contributed by atoms with E-state index in [2.05, 4.69) is 15.8 Å². The number of thiophene rings is 1. The van der Waals surface area contributed by atoms with Crippen LogP contribution in [0.2, 0.25) is 0 Å². The summed E-state index contributed by atoms with van der Waals surface area (Å²) in [6, 6.07) is 16.8. The van der Waals surface area contributed by atoms with Crippen LogP contribution in [-0.4, -0.2) is 33.2 Å². The highest BCUT2D eigenvalue weighted by atomic mass is 32.2. The zero-order valence-electron chi connectivity index (χ0n) is 16.0. The molecule has 6 nitrogen and oxygen atoms in total. The van der Waals surface area contributed by atoms with E-state index in [1.54, 1.807) is 23.5 Å². The van der Waals surface area contributed by atoms with Crippen molar-refractivity contribution in [3.05, 3.63) is 76.6 Å². The maximum absolute atomic E-state index is 13.0. The molecule has 1 atom stereocenters. The Balaban J connectivity index is 1.44. The Bertz CT molecular complexity index is 1280. The van der Waals surface area contributed by atoms with Gasteiger partial charge < -0.3 is 14.5 Å². The largest absolute Gasteiger partial charge is 0.486 e. The summed E-state index contributed by atoms with van der Waals surface area (Å²) in [6.45, 7) is 1.12. The fourth-order valence-electron chi connectivity index (χ4n) is 3.70. The Morgan fingerprint density at radius 3 is 2.70 bits per heavy atom. The van der Waals surface area contributed by atoms with Gasteiger partial charge in [-0.1, -0.05) is 24.3 Å². The summed E-state index contributed by atoms with van der Waals surface area (Å²) in [5.74, 6) is 0.916. The summed E-state index contributed by atoms with van der Waals surface area (Å²) < 4.78 is 39.8. The van der Waals surface area contributed by atoms with Gasteiger partial charge in [0, 0.05) is 40.5 Å². The van der Waals surface area contributed by atoms with E-state index in [4.69, 9.17) is 9.47 Å². The predicted molar refractivity (Wildman–Crippen MR) is 117 cm³/mol. The number of rotatable bonds is 6. The molecule has 1 aliphatic rings. The molecule has 2 aromatic heterocycles. The number of hydrogen-bond acceptors (Lipinski definition) is 5. The van der Waals surface area contributed by atoms with Gasteiger partial charge in [-0.2, -0.15) is 0 Å². The van der Waals surface area contributed by atoms with E-state index < -0.39 is 10.0 Å². The van der Waals surface area contributed by atoms with Gasteiger partial charge in [-0.15, -0.1) is 11.3 Å². The molecule has 30 heavy (non-hydrogen) atoms. The van der Waals surface area contributed by atoms with Crippen LogP contribution in [0, 0.1) is 0 Å². The molecular formula is C22H20N2O4S2. The van der Waals surface area contributed by atoms with Crippen molar-refractivity contribution in [1.82, 2.24) is 9.71 Å². The fourth-order valence-corrected chi connectivity index (χ4v) is 5.61. The van der Waals surface area contributed by atoms with Crippen LogP contribution in [-0.2, 0) is 10.0 Å². The van der Waals surface area contributed by atoms with Crippen molar-refractivity contribution in [1.29, 1.82) is 0 Å². The maximum Gasteiger partial charge on any atom is 0.240 e. The number of aromatic nitrogens is 1. The Labute approximate surface area is 178 Å². The fraction of sp³-hybridized carbons (Fsp3) is 0.182. The molecule has 154 valence electrons. The van der Waals surface area contributed by atoms with Crippen molar-refractivity contribution < 1.29 is 17.9 Å². The van der Waals surface area contributed by atoms with E-state index in [0.29, 0.717) is 24.7 Å². The van der Waals surface area contributed by atoms with Crippen LogP contribution in [0.25, 0.3) is 10.9 Å². The predicted octanol–water partition coefficient (Wildman–Crippen LogP) is 4.11. The number of nitrogens with one attached hydrogen (secondary N) is 2. The van der Waals surface area contributed by atoms with Gasteiger partial charge >= 0.3 is 0 Å². The van der Waals surface area contributed by atoms with E-state index in [9.17, 15) is 8.42 Å². The molecule has 2 N–H and O–H groups in total. The smallest absolute Gasteiger partial charge is 0.240 e. The molecule has 5 rings (SSSR count). The van der Waals surface area contributed by atoms with Crippen LogP contribution in [0.4, 0.5) is 0 Å². The topological polar surface area (TPSA) is 80.4 Å². The Morgan fingerprint density at radius 2 is 1.87 bits per heavy atom. The van der Waals surface area contributed by atoms with Crippen molar-refractivity contribution in [2.45, 2.75) is 10.8 Å². The summed E-state index contributed by atoms with van der Waals surface area (Å²) in [6.07, 6.45) is 1.97. The average Bonchev–Trinajstić information content (AvgIpc) is 3.45. The second-order valence-corrected chi connectivity index (χ2v) is 9.76. The number of H-pyrrole nitrogens is 1. The zero-order valence-corrected chi connectivity index (χ0v) is 17.6. The van der Waals surface area contributed by atoms with Crippen molar-refractivity contribution in [2.24, 2.45) is 0 Å². The van der Waals surface area contributed by atoms with Crippen LogP contribution < -0.4 is 14.2 Å². The third kappa shape index (κ3) is 3.58. The zero-order chi connectivity index (χ0) is 20.6. The van der Waals surface area contributed by atoms with Gasteiger partial charge in [0.2, 0.25) is 10.0 Å². The molecule has 0 fully saturated rings. The molecular weight excluding hydrogens is 420 g/mol. The number of hydrogen-bond donors (Lipinski definition) is 2. The van der Waals surface area contributed by atoms with Crippen LogP contribution in [0.15, 0.2) is 71.1 Å². The molecule has 0 aliphatic carbocycles. The van der Waals surface area contributed by atoms with Crippen molar-refractivity contribution in [3.63, 3.8) is 0 Å². The highest BCUT2D eigenvalue weighted by molar-refractivity contribution is 7.89. The third-order valence-electron chi connectivity index (χ3n) is 5.18. The number of fused-ring (bicyclic) bond motifs is 2. The molecule has 1 unspecified atom stereocenters. The first-order valence-electron chi connectivity index (χ1n) is 9.60. The van der Waals surface area contributed by atoms with Crippen LogP contribution in [0.3, 0.4) is 0 Å². The third-order valence-corrected chi connectivity index (χ3v) is 7.59. The summed E-state index contributed by atoms with van der Waals surface area (Å²) in [7, 11) is -3.72. The van der Waals surface area contributed by atoms with Crippen LogP contribution >= 0.6 is 11.3 Å². The summed E-state index contributed by atoms with van der Waals surface area (Å²) in [5.41, 5.74) is 2.10. The van der Waals surface area contributed by atoms with E-state index >= 15 is 0 Å². The van der Waals surface area contributed by atoms with Crippen LogP contribution in [0.1, 0.15) is 16.4 Å². The first-order valence-corrected chi connectivity index (χ1v) is 12.0. The lowest BCUT2D eigenvalue weighted by Crippen LogP contribution is -2.29. The maximum atomic E-state index is 13.0. The Morgan fingerprint density at radius 1 is 1.03 bits per heavy atom. The van der Waals surface area contributed by atoms with Gasteiger partial charge in [0.05, 0.1) is 4.90 Å². The minimum atomic E-state index is -3.72. The van der Waals surface area contributed by atoms with E-state index in [-0.39, 0.29) is 17.4 Å². The van der Waals surface area contributed by atoms with Gasteiger partial charge in [-0.25, -0.2) is 13.1 Å². The van der Waals surface area contributed by atoms with Gasteiger partial charge in [-0.3, -0.25) is 0 Å². The molecule has 2 aromatic carbocycles. The number of benzene rings is 2. The standard InChI is InChI=1S/C22H20N2O4S2/c25-30(26,15-7-8-20-21(12-15)28-10-9-27-20)24-14-18(22-6-3-11-29-22)17-13-23-19-5-2-1-4-16(17)19/h1-8,11-13,18,23-24H,9-10,14H2. The highest BCUT2D eigenvalue weighted by Gasteiger charge is 2.24. The lowest BCUT2D eigenvalue weighted by Gasteiger charge is -2.20. The van der Waals surface area contributed by atoms with Crippen LogP contribution in [0.5, 0.6) is 11.5 Å². The molecule has 1 aliphatic heterocycles. The second-order valence-electron chi connectivity index (χ2n) is 7.01. The molecule has 3 heterocycles. The van der Waals surface area contributed by atoms with E-state index in [1.165, 1.54) is 6.07 Å². The number of para-hydroxylation sites is 1. The minimum absolute atomic E-state index is 0.104. The lowest BCUT2D eigenvalue weighted by atomic mass is 9.97. The van der Waals surface area contributed by atoms with E-state index in [0.717, 1.165) is 21.3 Å². The molecule has 0 amide bonds. The number of sulfonamides is 1. The molecule has 0 bridgehead atoms. The SMILES string of the molecule is O=S(=O)(NCC(c1cccs1)c1c[nH]c2ccccc12)c1ccc2c(c1)OCCO2. The first-order chi connectivity index (χ1) is 14.6. The molecule has 0 spiro atoms. The summed E-state index contributed by atoms with van der Waals surface area (Å²) in [5, 5.41) is 3.10. The number of ether oxygens (including phenoxy) is 2. The van der Waals surface area contributed by atoms with Gasteiger partial charge in [-0.05, 0) is 35.2 Å². The second kappa shape index (κ2) is 7.79. The van der Waals surface area contributed by atoms with Gasteiger partial charge in [0.15, 0.2) is 11.5 Å². The van der Waals surface area contributed by atoms with Crippen molar-refractivity contribution in [2.75, 3.05) is 19.8 Å². The molecule has 0 saturated heterocycles.